The third-order valence-corrected chi connectivity index (χ3v) is 5.36. The van der Waals surface area contributed by atoms with Crippen LogP contribution in [0.25, 0.3) is 0 Å². The summed E-state index contributed by atoms with van der Waals surface area (Å²) in [7, 11) is -3.91. The molecule has 0 unspecified atom stereocenters. The van der Waals surface area contributed by atoms with Crippen molar-refractivity contribution in [2.45, 2.75) is 45.1 Å². The molecule has 0 fully saturated rings. The number of carbonyl (C=O) groups is 2. The minimum Gasteiger partial charge on any atom is -0.452 e. The molecule has 0 spiro atoms. The lowest BCUT2D eigenvalue weighted by atomic mass is 10.1. The molecule has 2 aromatic rings. The van der Waals surface area contributed by atoms with Crippen LogP contribution in [0.4, 0.5) is 5.69 Å². The molecule has 1 amide bonds. The Kier molecular flexibility index (Phi) is 6.69. The lowest BCUT2D eigenvalue weighted by Crippen LogP contribution is -2.42. The first-order chi connectivity index (χ1) is 13.4. The lowest BCUT2D eigenvalue weighted by Gasteiger charge is -2.20. The molecule has 7 nitrogen and oxygen atoms in total. The van der Waals surface area contributed by atoms with Crippen molar-refractivity contribution in [1.82, 2.24) is 5.32 Å². The minimum atomic E-state index is -3.91. The first-order valence-corrected chi connectivity index (χ1v) is 10.5. The van der Waals surface area contributed by atoms with Crippen molar-refractivity contribution in [2.24, 2.45) is 0 Å². The number of aryl methyl sites for hydroxylation is 2. The zero-order valence-corrected chi connectivity index (χ0v) is 18.0. The first-order valence-electron chi connectivity index (χ1n) is 9.06. The summed E-state index contributed by atoms with van der Waals surface area (Å²) in [5.74, 6) is -1.21. The number of rotatable bonds is 6. The van der Waals surface area contributed by atoms with Gasteiger partial charge in [0.2, 0.25) is 0 Å². The maximum atomic E-state index is 12.8. The molecule has 0 atom stereocenters. The van der Waals surface area contributed by atoms with E-state index in [1.54, 1.807) is 25.1 Å². The van der Waals surface area contributed by atoms with Gasteiger partial charge in [-0.05, 0) is 70.0 Å². The Labute approximate surface area is 171 Å². The second kappa shape index (κ2) is 8.65. The third-order valence-electron chi connectivity index (χ3n) is 3.83. The molecule has 2 N–H and O–H groups in total. The van der Waals surface area contributed by atoms with Gasteiger partial charge in [0.25, 0.3) is 15.9 Å². The van der Waals surface area contributed by atoms with Crippen LogP contribution in [0.5, 0.6) is 0 Å². The topological polar surface area (TPSA) is 102 Å². The Morgan fingerprint density at radius 1 is 1.03 bits per heavy atom. The predicted octanol–water partition coefficient (Wildman–Crippen LogP) is 3.18. The van der Waals surface area contributed by atoms with Gasteiger partial charge in [0.1, 0.15) is 0 Å². The Balaban J connectivity index is 2.18. The molecule has 0 radical (unpaired) electrons. The molecule has 2 aromatic carbocycles. The maximum Gasteiger partial charge on any atom is 0.338 e. The van der Waals surface area contributed by atoms with Crippen LogP contribution in [0.2, 0.25) is 0 Å². The molecular weight excluding hydrogens is 392 g/mol. The van der Waals surface area contributed by atoms with Gasteiger partial charge in [-0.25, -0.2) is 13.2 Å². The van der Waals surface area contributed by atoms with E-state index >= 15 is 0 Å². The molecule has 0 aliphatic rings. The number of sulfonamides is 1. The molecule has 0 heterocycles. The summed E-state index contributed by atoms with van der Waals surface area (Å²) >= 11 is 0. The van der Waals surface area contributed by atoms with E-state index in [0.29, 0.717) is 11.3 Å². The van der Waals surface area contributed by atoms with E-state index in [0.717, 1.165) is 5.56 Å². The molecule has 29 heavy (non-hydrogen) atoms. The van der Waals surface area contributed by atoms with E-state index in [9.17, 15) is 18.0 Å². The monoisotopic (exact) mass is 418 g/mol. The second-order valence-corrected chi connectivity index (χ2v) is 9.48. The van der Waals surface area contributed by atoms with Crippen molar-refractivity contribution in [3.63, 3.8) is 0 Å². The molecular formula is C21H26N2O5S. The first kappa shape index (κ1) is 22.4. The Morgan fingerprint density at radius 3 is 2.34 bits per heavy atom. The number of hydrogen-bond acceptors (Lipinski definition) is 5. The second-order valence-electron chi connectivity index (χ2n) is 7.83. The average Bonchev–Trinajstić information content (AvgIpc) is 2.58. The number of hydrogen-bond donors (Lipinski definition) is 2. The summed E-state index contributed by atoms with van der Waals surface area (Å²) in [5.41, 5.74) is 1.41. The number of carbonyl (C=O) groups excluding carboxylic acids is 2. The molecule has 156 valence electrons. The van der Waals surface area contributed by atoms with Crippen LogP contribution >= 0.6 is 0 Å². The number of nitrogens with one attached hydrogen (secondary N) is 2. The summed E-state index contributed by atoms with van der Waals surface area (Å²) in [4.78, 5) is 24.1. The van der Waals surface area contributed by atoms with Crippen LogP contribution in [0.1, 0.15) is 42.3 Å². The van der Waals surface area contributed by atoms with Gasteiger partial charge >= 0.3 is 5.97 Å². The molecule has 2 rings (SSSR count). The van der Waals surface area contributed by atoms with Crippen LogP contribution in [0.15, 0.2) is 47.4 Å². The predicted molar refractivity (Wildman–Crippen MR) is 111 cm³/mol. The van der Waals surface area contributed by atoms with Gasteiger partial charge in [0, 0.05) is 11.2 Å². The van der Waals surface area contributed by atoms with Crippen LogP contribution in [-0.2, 0) is 19.6 Å². The van der Waals surface area contributed by atoms with Gasteiger partial charge in [-0.15, -0.1) is 0 Å². The maximum absolute atomic E-state index is 12.8. The number of benzene rings is 2. The summed E-state index contributed by atoms with van der Waals surface area (Å²) in [6.45, 7) is 8.47. The van der Waals surface area contributed by atoms with Gasteiger partial charge in [0.05, 0.1) is 10.5 Å². The van der Waals surface area contributed by atoms with Gasteiger partial charge in [-0.2, -0.15) is 0 Å². The number of amides is 1. The fourth-order valence-corrected chi connectivity index (χ4v) is 3.93. The number of esters is 1. The van der Waals surface area contributed by atoms with E-state index in [1.807, 2.05) is 33.8 Å². The Hall–Kier alpha value is -2.87. The molecule has 0 saturated heterocycles. The zero-order valence-electron chi connectivity index (χ0n) is 17.2. The summed E-state index contributed by atoms with van der Waals surface area (Å²) < 4.78 is 33.1. The Morgan fingerprint density at radius 2 is 1.72 bits per heavy atom. The summed E-state index contributed by atoms with van der Waals surface area (Å²) in [6.07, 6.45) is 0. The molecule has 0 saturated carbocycles. The minimum absolute atomic E-state index is 0.0346. The highest BCUT2D eigenvalue weighted by Crippen LogP contribution is 2.22. The van der Waals surface area contributed by atoms with Gasteiger partial charge < -0.3 is 10.1 Å². The quantitative estimate of drug-likeness (QED) is 0.702. The number of anilines is 1. The van der Waals surface area contributed by atoms with Crippen molar-refractivity contribution >= 4 is 27.6 Å². The smallest absolute Gasteiger partial charge is 0.338 e. The van der Waals surface area contributed by atoms with Gasteiger partial charge in [-0.3, -0.25) is 9.52 Å². The van der Waals surface area contributed by atoms with Crippen molar-refractivity contribution in [2.75, 3.05) is 11.3 Å². The third kappa shape index (κ3) is 6.60. The lowest BCUT2D eigenvalue weighted by molar-refractivity contribution is -0.125. The fourth-order valence-electron chi connectivity index (χ4n) is 2.60. The highest BCUT2D eigenvalue weighted by atomic mass is 32.2. The number of ether oxygens (including phenoxy) is 1. The van der Waals surface area contributed by atoms with Crippen molar-refractivity contribution < 1.29 is 22.7 Å². The average molecular weight is 419 g/mol. The normalized spacial score (nSPS) is 11.6. The molecule has 8 heteroatoms. The van der Waals surface area contributed by atoms with E-state index < -0.39 is 34.0 Å². The highest BCUT2D eigenvalue weighted by molar-refractivity contribution is 7.92. The van der Waals surface area contributed by atoms with E-state index in [4.69, 9.17) is 4.74 Å². The van der Waals surface area contributed by atoms with Gasteiger partial charge in [-0.1, -0.05) is 18.2 Å². The fraction of sp³-hybridized carbons (Fsp3) is 0.333. The molecule has 0 aliphatic heterocycles. The van der Waals surface area contributed by atoms with Crippen LogP contribution < -0.4 is 10.0 Å². The van der Waals surface area contributed by atoms with Crippen molar-refractivity contribution in [3.8, 4) is 0 Å². The summed E-state index contributed by atoms with van der Waals surface area (Å²) in [6, 6.07) is 11.2. The van der Waals surface area contributed by atoms with Crippen LogP contribution in [0, 0.1) is 13.8 Å². The SMILES string of the molecule is Cc1cccc(NS(=O)(=O)c2cc(C(=O)OCC(=O)NC(C)(C)C)ccc2C)c1. The highest BCUT2D eigenvalue weighted by Gasteiger charge is 2.21. The van der Waals surface area contributed by atoms with E-state index in [1.165, 1.54) is 18.2 Å². The molecule has 0 aliphatic carbocycles. The standard InChI is InChI=1S/C21H26N2O5S/c1-14-7-6-8-17(11-14)23-29(26,27)18-12-16(10-9-15(18)2)20(25)28-13-19(24)22-21(3,4)5/h6-12,23H,13H2,1-5H3,(H,22,24). The molecule has 0 aromatic heterocycles. The van der Waals surface area contributed by atoms with Crippen LogP contribution in [-0.4, -0.2) is 32.4 Å². The van der Waals surface area contributed by atoms with Gasteiger partial charge in [0.15, 0.2) is 6.61 Å². The molecule has 0 bridgehead atoms. The van der Waals surface area contributed by atoms with Crippen LogP contribution in [0.3, 0.4) is 0 Å². The van der Waals surface area contributed by atoms with E-state index in [2.05, 4.69) is 10.0 Å². The van der Waals surface area contributed by atoms with E-state index in [-0.39, 0.29) is 10.5 Å². The zero-order chi connectivity index (χ0) is 21.8. The summed E-state index contributed by atoms with van der Waals surface area (Å²) in [5, 5.41) is 2.68. The van der Waals surface area contributed by atoms with Crippen molar-refractivity contribution in [3.05, 3.63) is 59.2 Å². The van der Waals surface area contributed by atoms with Crippen molar-refractivity contribution in [1.29, 1.82) is 0 Å². The largest absolute Gasteiger partial charge is 0.452 e. The Bertz CT molecular complexity index is 1020.